The number of hydrogen-bond donors (Lipinski definition) is 3. The van der Waals surface area contributed by atoms with Crippen molar-refractivity contribution in [3.05, 3.63) is 12.2 Å². The largest absolute Gasteiger partial charge is 0.394 e. The molecule has 0 aliphatic carbocycles. The summed E-state index contributed by atoms with van der Waals surface area (Å²) in [4.78, 5) is 0. The van der Waals surface area contributed by atoms with E-state index in [1.165, 1.54) is 38.5 Å². The van der Waals surface area contributed by atoms with E-state index in [4.69, 9.17) is 9.47 Å². The van der Waals surface area contributed by atoms with Crippen LogP contribution in [-0.2, 0) is 9.47 Å². The van der Waals surface area contributed by atoms with Crippen molar-refractivity contribution < 1.29 is 24.8 Å². The summed E-state index contributed by atoms with van der Waals surface area (Å²) in [5, 5.41) is 28.6. The summed E-state index contributed by atoms with van der Waals surface area (Å²) in [7, 11) is 0. The molecule has 1 fully saturated rings. The van der Waals surface area contributed by atoms with Gasteiger partial charge < -0.3 is 24.8 Å². The SMILES string of the molecule is CC/C=C/CCCCCCCCCO[C@H](CO)[C@H]1OC[C@H](O)[C@H]1O. The number of unbranched alkanes of at least 4 members (excludes halogenated alkanes) is 7. The van der Waals surface area contributed by atoms with Crippen LogP contribution in [0.1, 0.15) is 64.7 Å². The molecule has 0 saturated carbocycles. The highest BCUT2D eigenvalue weighted by atomic mass is 16.6. The van der Waals surface area contributed by atoms with Gasteiger partial charge in [-0.2, -0.15) is 0 Å². The Labute approximate surface area is 146 Å². The second-order valence-corrected chi connectivity index (χ2v) is 6.59. The normalized spacial score (nSPS) is 25.6. The summed E-state index contributed by atoms with van der Waals surface area (Å²) in [6.07, 6.45) is 12.2. The molecule has 0 amide bonds. The maximum absolute atomic E-state index is 9.78. The molecule has 1 aliphatic rings. The topological polar surface area (TPSA) is 79.2 Å². The second-order valence-electron chi connectivity index (χ2n) is 6.59. The fourth-order valence-electron chi connectivity index (χ4n) is 2.97. The molecule has 5 nitrogen and oxygen atoms in total. The Morgan fingerprint density at radius 3 is 2.29 bits per heavy atom. The molecule has 24 heavy (non-hydrogen) atoms. The van der Waals surface area contributed by atoms with E-state index in [2.05, 4.69) is 19.1 Å². The van der Waals surface area contributed by atoms with Gasteiger partial charge in [0.25, 0.3) is 0 Å². The van der Waals surface area contributed by atoms with E-state index >= 15 is 0 Å². The summed E-state index contributed by atoms with van der Waals surface area (Å²) in [5.74, 6) is 0. The lowest BCUT2D eigenvalue weighted by Gasteiger charge is -2.24. The van der Waals surface area contributed by atoms with Crippen molar-refractivity contribution >= 4 is 0 Å². The molecule has 4 atom stereocenters. The van der Waals surface area contributed by atoms with Gasteiger partial charge >= 0.3 is 0 Å². The summed E-state index contributed by atoms with van der Waals surface area (Å²) >= 11 is 0. The average molecular weight is 344 g/mol. The quantitative estimate of drug-likeness (QED) is 0.333. The van der Waals surface area contributed by atoms with Gasteiger partial charge in [0.1, 0.15) is 24.4 Å². The molecule has 0 radical (unpaired) electrons. The first-order valence-electron chi connectivity index (χ1n) is 9.55. The van der Waals surface area contributed by atoms with E-state index in [1.54, 1.807) is 0 Å². The third-order valence-corrected chi connectivity index (χ3v) is 4.49. The van der Waals surface area contributed by atoms with Gasteiger partial charge in [0.2, 0.25) is 0 Å². The maximum Gasteiger partial charge on any atom is 0.114 e. The van der Waals surface area contributed by atoms with Crippen LogP contribution >= 0.6 is 0 Å². The summed E-state index contributed by atoms with van der Waals surface area (Å²) in [6.45, 7) is 2.60. The number of aliphatic hydroxyl groups excluding tert-OH is 3. The van der Waals surface area contributed by atoms with Crippen molar-refractivity contribution in [2.75, 3.05) is 19.8 Å². The first-order valence-corrected chi connectivity index (χ1v) is 9.55. The molecule has 1 saturated heterocycles. The van der Waals surface area contributed by atoms with Crippen LogP contribution in [0.25, 0.3) is 0 Å². The van der Waals surface area contributed by atoms with Crippen LogP contribution in [0.4, 0.5) is 0 Å². The van der Waals surface area contributed by atoms with Crippen LogP contribution in [0, 0.1) is 0 Å². The molecular weight excluding hydrogens is 308 g/mol. The van der Waals surface area contributed by atoms with Crippen LogP contribution in [-0.4, -0.2) is 59.6 Å². The van der Waals surface area contributed by atoms with Gasteiger partial charge in [-0.25, -0.2) is 0 Å². The minimum atomic E-state index is -0.977. The molecule has 0 aromatic carbocycles. The van der Waals surface area contributed by atoms with E-state index in [0.717, 1.165) is 19.3 Å². The first-order chi connectivity index (χ1) is 11.7. The molecule has 3 N–H and O–H groups in total. The fraction of sp³-hybridized carbons (Fsp3) is 0.895. The van der Waals surface area contributed by atoms with E-state index in [-0.39, 0.29) is 13.2 Å². The molecule has 0 bridgehead atoms. The zero-order chi connectivity index (χ0) is 17.6. The first kappa shape index (κ1) is 21.6. The van der Waals surface area contributed by atoms with Crippen molar-refractivity contribution in [2.45, 2.75) is 89.1 Å². The van der Waals surface area contributed by atoms with Crippen molar-refractivity contribution in [3.63, 3.8) is 0 Å². The molecule has 142 valence electrons. The Kier molecular flexibility index (Phi) is 12.4. The Morgan fingerprint density at radius 1 is 1.04 bits per heavy atom. The van der Waals surface area contributed by atoms with Crippen molar-refractivity contribution in [2.24, 2.45) is 0 Å². The van der Waals surface area contributed by atoms with E-state index < -0.39 is 24.4 Å². The third kappa shape index (κ3) is 8.58. The Bertz CT molecular complexity index is 321. The Morgan fingerprint density at radius 2 is 1.71 bits per heavy atom. The molecule has 1 rings (SSSR count). The average Bonchev–Trinajstić information content (AvgIpc) is 2.92. The number of allylic oxidation sites excluding steroid dienone is 2. The smallest absolute Gasteiger partial charge is 0.114 e. The lowest BCUT2D eigenvalue weighted by Crippen LogP contribution is -2.42. The zero-order valence-electron chi connectivity index (χ0n) is 15.1. The van der Waals surface area contributed by atoms with Crippen LogP contribution in [0.15, 0.2) is 12.2 Å². The highest BCUT2D eigenvalue weighted by Gasteiger charge is 2.40. The lowest BCUT2D eigenvalue weighted by molar-refractivity contribution is -0.101. The minimum Gasteiger partial charge on any atom is -0.394 e. The molecule has 0 aromatic rings. The number of hydrogen-bond acceptors (Lipinski definition) is 5. The monoisotopic (exact) mass is 344 g/mol. The summed E-state index contributed by atoms with van der Waals surface area (Å²) < 4.78 is 10.9. The minimum absolute atomic E-state index is 0.0972. The van der Waals surface area contributed by atoms with Gasteiger partial charge in [-0.05, 0) is 25.7 Å². The molecule has 5 heteroatoms. The van der Waals surface area contributed by atoms with Gasteiger partial charge in [-0.1, -0.05) is 51.2 Å². The lowest BCUT2D eigenvalue weighted by atomic mass is 10.1. The van der Waals surface area contributed by atoms with Crippen molar-refractivity contribution in [1.82, 2.24) is 0 Å². The van der Waals surface area contributed by atoms with Crippen LogP contribution < -0.4 is 0 Å². The maximum atomic E-state index is 9.78. The van der Waals surface area contributed by atoms with E-state index in [0.29, 0.717) is 6.61 Å². The van der Waals surface area contributed by atoms with Crippen LogP contribution in [0.3, 0.4) is 0 Å². The van der Waals surface area contributed by atoms with Crippen molar-refractivity contribution in [1.29, 1.82) is 0 Å². The molecule has 0 unspecified atom stereocenters. The highest BCUT2D eigenvalue weighted by molar-refractivity contribution is 4.88. The fourth-order valence-corrected chi connectivity index (χ4v) is 2.97. The van der Waals surface area contributed by atoms with Gasteiger partial charge in [0.05, 0.1) is 13.2 Å². The van der Waals surface area contributed by atoms with E-state index in [9.17, 15) is 15.3 Å². The molecule has 0 aromatic heterocycles. The van der Waals surface area contributed by atoms with E-state index in [1.807, 2.05) is 0 Å². The second kappa shape index (κ2) is 13.8. The predicted molar refractivity (Wildman–Crippen MR) is 94.9 cm³/mol. The van der Waals surface area contributed by atoms with Crippen LogP contribution in [0.5, 0.6) is 0 Å². The van der Waals surface area contributed by atoms with Crippen molar-refractivity contribution in [3.8, 4) is 0 Å². The number of ether oxygens (including phenoxy) is 2. The zero-order valence-corrected chi connectivity index (χ0v) is 15.1. The Balaban J connectivity index is 1.94. The number of aliphatic hydroxyl groups is 3. The Hall–Kier alpha value is -0.460. The predicted octanol–water partition coefficient (Wildman–Crippen LogP) is 2.57. The summed E-state index contributed by atoms with van der Waals surface area (Å²) in [5.41, 5.74) is 0. The molecule has 1 aliphatic heterocycles. The van der Waals surface area contributed by atoms with Gasteiger partial charge in [-0.3, -0.25) is 0 Å². The van der Waals surface area contributed by atoms with Crippen LogP contribution in [0.2, 0.25) is 0 Å². The summed E-state index contributed by atoms with van der Waals surface area (Å²) in [6, 6.07) is 0. The van der Waals surface area contributed by atoms with Gasteiger partial charge in [0.15, 0.2) is 0 Å². The number of rotatable bonds is 14. The van der Waals surface area contributed by atoms with Gasteiger partial charge in [-0.15, -0.1) is 0 Å². The standard InChI is InChI=1S/C19H36O5/c1-2-3-4-5-6-7-8-9-10-11-12-13-23-17(14-20)19-18(22)16(21)15-24-19/h3-4,16-22H,2,5-15H2,1H3/b4-3+/t16-,17+,18+,19+/m0/s1. The molecule has 1 heterocycles. The molecular formula is C19H36O5. The molecule has 0 spiro atoms. The third-order valence-electron chi connectivity index (χ3n) is 4.49. The highest BCUT2D eigenvalue weighted by Crippen LogP contribution is 2.20. The van der Waals surface area contributed by atoms with Gasteiger partial charge in [0, 0.05) is 6.61 Å².